The third-order valence-electron chi connectivity index (χ3n) is 5.78. The molecule has 0 aliphatic carbocycles. The second-order valence-electron chi connectivity index (χ2n) is 8.25. The minimum Gasteiger partial charge on any atom is -0.497 e. The number of nitrogens with one attached hydrogen (secondary N) is 1. The molecule has 0 aromatic heterocycles. The summed E-state index contributed by atoms with van der Waals surface area (Å²) in [6, 6.07) is 27.5. The van der Waals surface area contributed by atoms with Crippen LogP contribution < -0.4 is 19.5 Å². The van der Waals surface area contributed by atoms with Crippen molar-refractivity contribution in [2.45, 2.75) is 13.5 Å². The van der Waals surface area contributed by atoms with Gasteiger partial charge in [-0.3, -0.25) is 4.79 Å². The van der Waals surface area contributed by atoms with E-state index in [1.54, 1.807) is 7.11 Å². The van der Waals surface area contributed by atoms with E-state index >= 15 is 0 Å². The van der Waals surface area contributed by atoms with Crippen molar-refractivity contribution in [3.8, 4) is 17.2 Å². The van der Waals surface area contributed by atoms with Gasteiger partial charge in [0, 0.05) is 0 Å². The van der Waals surface area contributed by atoms with E-state index in [0.717, 1.165) is 22.6 Å². The molecular weight excluding hydrogens is 484 g/mol. The van der Waals surface area contributed by atoms with Gasteiger partial charge in [-0.25, -0.2) is 4.99 Å². The number of hydrogen-bond acceptors (Lipinski definition) is 6. The number of benzene rings is 4. The number of aliphatic imine (C=N–C) groups is 1. The van der Waals surface area contributed by atoms with Gasteiger partial charge in [-0.05, 0) is 83.1 Å². The summed E-state index contributed by atoms with van der Waals surface area (Å²) in [6.07, 6.45) is 1.83. The zero-order valence-corrected chi connectivity index (χ0v) is 21.4. The molecule has 0 spiro atoms. The third-order valence-corrected chi connectivity index (χ3v) is 6.69. The monoisotopic (exact) mass is 510 g/mol. The molecule has 1 amide bonds. The first kappa shape index (κ1) is 24.5. The van der Waals surface area contributed by atoms with Crippen LogP contribution >= 0.6 is 11.8 Å². The number of methoxy groups -OCH3 is 1. The molecule has 6 nitrogen and oxygen atoms in total. The second-order valence-corrected chi connectivity index (χ2v) is 9.28. The first-order chi connectivity index (χ1) is 18.1. The molecule has 37 heavy (non-hydrogen) atoms. The number of carbonyl (C=O) groups excluding carboxylic acids is 1. The van der Waals surface area contributed by atoms with Crippen LogP contribution in [0.5, 0.6) is 17.2 Å². The van der Waals surface area contributed by atoms with E-state index in [0.29, 0.717) is 34.8 Å². The van der Waals surface area contributed by atoms with Crippen molar-refractivity contribution < 1.29 is 19.0 Å². The van der Waals surface area contributed by atoms with Gasteiger partial charge in [-0.1, -0.05) is 48.5 Å². The lowest BCUT2D eigenvalue weighted by Crippen LogP contribution is -2.19. The predicted molar refractivity (Wildman–Crippen MR) is 150 cm³/mol. The standard InChI is InChI=1S/C30H26N2O4S/c1-3-35-27-17-20(11-16-26(27)36-19-22-9-6-8-21-7-4-5-10-25(21)22)18-28-29(33)32-30(37-28)31-23-12-14-24(34-2)15-13-23/h4-18H,3,19H2,1-2H3,(H,31,32,33)/b28-18-. The zero-order valence-electron chi connectivity index (χ0n) is 20.6. The minimum atomic E-state index is -0.188. The van der Waals surface area contributed by atoms with E-state index in [4.69, 9.17) is 14.2 Å². The topological polar surface area (TPSA) is 69.2 Å². The average molecular weight is 511 g/mol. The molecule has 1 heterocycles. The fourth-order valence-electron chi connectivity index (χ4n) is 3.98. The Morgan fingerprint density at radius 2 is 1.73 bits per heavy atom. The molecule has 1 N–H and O–H groups in total. The zero-order chi connectivity index (χ0) is 25.6. The first-order valence-corrected chi connectivity index (χ1v) is 12.7. The summed E-state index contributed by atoms with van der Waals surface area (Å²) in [5.74, 6) is 1.85. The number of nitrogens with zero attached hydrogens (tertiary/aromatic N) is 1. The van der Waals surface area contributed by atoms with Crippen LogP contribution in [0.25, 0.3) is 16.8 Å². The van der Waals surface area contributed by atoms with Crippen LogP contribution in [0.15, 0.2) is 94.8 Å². The van der Waals surface area contributed by atoms with Crippen LogP contribution in [0.4, 0.5) is 5.69 Å². The van der Waals surface area contributed by atoms with Crippen molar-refractivity contribution in [3.63, 3.8) is 0 Å². The molecule has 4 aromatic carbocycles. The highest BCUT2D eigenvalue weighted by molar-refractivity contribution is 8.18. The van der Waals surface area contributed by atoms with Crippen molar-refractivity contribution in [3.05, 3.63) is 101 Å². The van der Waals surface area contributed by atoms with E-state index < -0.39 is 0 Å². The SMILES string of the molecule is CCOc1cc(/C=C2\SC(=Nc3ccc(OC)cc3)NC2=O)ccc1OCc1cccc2ccccc12. The summed E-state index contributed by atoms with van der Waals surface area (Å²) in [5, 5.41) is 5.70. The number of ether oxygens (including phenoxy) is 3. The molecule has 0 atom stereocenters. The van der Waals surface area contributed by atoms with E-state index in [1.165, 1.54) is 22.5 Å². The maximum absolute atomic E-state index is 12.6. The fraction of sp³-hybridized carbons (Fsp3) is 0.133. The fourth-order valence-corrected chi connectivity index (χ4v) is 4.82. The summed E-state index contributed by atoms with van der Waals surface area (Å²) in [5.41, 5.74) is 2.68. The number of amidine groups is 1. The number of hydrogen-bond donors (Lipinski definition) is 1. The number of rotatable bonds is 8. The van der Waals surface area contributed by atoms with Crippen molar-refractivity contribution >= 4 is 45.4 Å². The summed E-state index contributed by atoms with van der Waals surface area (Å²) in [6.45, 7) is 2.85. The largest absolute Gasteiger partial charge is 0.497 e. The van der Waals surface area contributed by atoms with Gasteiger partial charge in [0.1, 0.15) is 12.4 Å². The van der Waals surface area contributed by atoms with Gasteiger partial charge in [0.05, 0.1) is 24.3 Å². The van der Waals surface area contributed by atoms with Crippen molar-refractivity contribution in [1.82, 2.24) is 5.32 Å². The molecule has 1 aliphatic rings. The molecule has 0 radical (unpaired) electrons. The van der Waals surface area contributed by atoms with Gasteiger partial charge in [0.2, 0.25) is 0 Å². The highest BCUT2D eigenvalue weighted by Crippen LogP contribution is 2.33. The summed E-state index contributed by atoms with van der Waals surface area (Å²) < 4.78 is 17.2. The van der Waals surface area contributed by atoms with Crippen LogP contribution in [0.1, 0.15) is 18.1 Å². The maximum Gasteiger partial charge on any atom is 0.264 e. The highest BCUT2D eigenvalue weighted by Gasteiger charge is 2.24. The van der Waals surface area contributed by atoms with Gasteiger partial charge in [0.25, 0.3) is 5.91 Å². The molecule has 186 valence electrons. The molecule has 1 fully saturated rings. The van der Waals surface area contributed by atoms with Crippen LogP contribution in [-0.2, 0) is 11.4 Å². The summed E-state index contributed by atoms with van der Waals surface area (Å²) in [4.78, 5) is 17.6. The van der Waals surface area contributed by atoms with Gasteiger partial charge >= 0.3 is 0 Å². The lowest BCUT2D eigenvalue weighted by atomic mass is 10.1. The second kappa shape index (κ2) is 11.2. The molecule has 0 unspecified atom stereocenters. The van der Waals surface area contributed by atoms with Gasteiger partial charge in [-0.15, -0.1) is 0 Å². The Hall–Kier alpha value is -4.23. The molecule has 7 heteroatoms. The Kier molecular flexibility index (Phi) is 7.42. The van der Waals surface area contributed by atoms with Crippen molar-refractivity contribution in [2.75, 3.05) is 13.7 Å². The van der Waals surface area contributed by atoms with Crippen LogP contribution in [0, 0.1) is 0 Å². The van der Waals surface area contributed by atoms with Gasteiger partial charge < -0.3 is 19.5 Å². The third kappa shape index (κ3) is 5.78. The normalized spacial score (nSPS) is 15.2. The molecule has 5 rings (SSSR count). The van der Waals surface area contributed by atoms with Gasteiger partial charge in [0.15, 0.2) is 16.7 Å². The summed E-state index contributed by atoms with van der Waals surface area (Å²) in [7, 11) is 1.62. The first-order valence-electron chi connectivity index (χ1n) is 11.9. The van der Waals surface area contributed by atoms with E-state index in [1.807, 2.05) is 73.7 Å². The number of thioether (sulfide) groups is 1. The lowest BCUT2D eigenvalue weighted by molar-refractivity contribution is -0.115. The Balaban J connectivity index is 1.33. The lowest BCUT2D eigenvalue weighted by Gasteiger charge is -2.14. The number of amides is 1. The van der Waals surface area contributed by atoms with Crippen molar-refractivity contribution in [1.29, 1.82) is 0 Å². The molecule has 0 bridgehead atoms. The number of fused-ring (bicyclic) bond motifs is 1. The molecule has 1 saturated heterocycles. The Bertz CT molecular complexity index is 1490. The average Bonchev–Trinajstić information content (AvgIpc) is 3.26. The Labute approximate surface area is 220 Å². The van der Waals surface area contributed by atoms with Crippen LogP contribution in [-0.4, -0.2) is 24.8 Å². The van der Waals surface area contributed by atoms with E-state index in [2.05, 4.69) is 34.6 Å². The van der Waals surface area contributed by atoms with Gasteiger partial charge in [-0.2, -0.15) is 0 Å². The quantitative estimate of drug-likeness (QED) is 0.267. The number of carbonyl (C=O) groups is 1. The Morgan fingerprint density at radius 1 is 0.919 bits per heavy atom. The minimum absolute atomic E-state index is 0.188. The molecular formula is C30H26N2O4S. The van der Waals surface area contributed by atoms with Crippen LogP contribution in [0.2, 0.25) is 0 Å². The highest BCUT2D eigenvalue weighted by atomic mass is 32.2. The van der Waals surface area contributed by atoms with Crippen LogP contribution in [0.3, 0.4) is 0 Å². The molecule has 4 aromatic rings. The van der Waals surface area contributed by atoms with E-state index in [9.17, 15) is 4.79 Å². The smallest absolute Gasteiger partial charge is 0.264 e. The van der Waals surface area contributed by atoms with E-state index in [-0.39, 0.29) is 5.91 Å². The maximum atomic E-state index is 12.6. The predicted octanol–water partition coefficient (Wildman–Crippen LogP) is 6.72. The Morgan fingerprint density at radius 3 is 2.54 bits per heavy atom. The molecule has 1 aliphatic heterocycles. The van der Waals surface area contributed by atoms with Crippen molar-refractivity contribution in [2.24, 2.45) is 4.99 Å². The summed E-state index contributed by atoms with van der Waals surface area (Å²) >= 11 is 1.30. The molecule has 0 saturated carbocycles.